The summed E-state index contributed by atoms with van der Waals surface area (Å²) in [6.45, 7) is 1.05. The van der Waals surface area contributed by atoms with Crippen LogP contribution < -0.4 is 0 Å². The van der Waals surface area contributed by atoms with Crippen molar-refractivity contribution in [1.82, 2.24) is 14.9 Å². The van der Waals surface area contributed by atoms with E-state index < -0.39 is 5.82 Å². The molecule has 1 aliphatic heterocycles. The van der Waals surface area contributed by atoms with Gasteiger partial charge in [-0.15, -0.1) is 0 Å². The van der Waals surface area contributed by atoms with Crippen molar-refractivity contribution in [1.29, 1.82) is 0 Å². The van der Waals surface area contributed by atoms with Crippen LogP contribution in [-0.4, -0.2) is 27.3 Å². The molecule has 1 aliphatic rings. The summed E-state index contributed by atoms with van der Waals surface area (Å²) in [4.78, 5) is 21.4. The van der Waals surface area contributed by atoms with Crippen molar-refractivity contribution < 1.29 is 13.6 Å². The van der Waals surface area contributed by atoms with Crippen LogP contribution in [0, 0.1) is 5.82 Å². The standard InChI is InChI=1S/C15H12FN3O2/c16-10-3-1-2-9-6-13(21-14(9)10)15(20)19-5-4-11-12(7-19)18-8-17-11/h1-3,6,8H,4-5,7H2,(H,17,18). The zero-order valence-corrected chi connectivity index (χ0v) is 11.1. The molecule has 1 aromatic carbocycles. The second-order valence-corrected chi connectivity index (χ2v) is 5.07. The van der Waals surface area contributed by atoms with E-state index >= 15 is 0 Å². The number of benzene rings is 1. The fraction of sp³-hybridized carbons (Fsp3) is 0.200. The molecular weight excluding hydrogens is 273 g/mol. The number of para-hydroxylation sites is 1. The number of carbonyl (C=O) groups is 1. The fourth-order valence-electron chi connectivity index (χ4n) is 2.67. The first-order valence-electron chi connectivity index (χ1n) is 6.71. The van der Waals surface area contributed by atoms with Gasteiger partial charge in [-0.05, 0) is 12.1 Å². The molecule has 3 aromatic rings. The van der Waals surface area contributed by atoms with Gasteiger partial charge < -0.3 is 14.3 Å². The number of hydrogen-bond donors (Lipinski definition) is 1. The Kier molecular flexibility index (Phi) is 2.57. The van der Waals surface area contributed by atoms with Crippen molar-refractivity contribution in [2.45, 2.75) is 13.0 Å². The largest absolute Gasteiger partial charge is 0.448 e. The van der Waals surface area contributed by atoms with Crippen molar-refractivity contribution in [2.24, 2.45) is 0 Å². The van der Waals surface area contributed by atoms with Gasteiger partial charge in [0.05, 0.1) is 24.3 Å². The van der Waals surface area contributed by atoms with Gasteiger partial charge in [0.25, 0.3) is 5.91 Å². The van der Waals surface area contributed by atoms with E-state index in [1.807, 2.05) is 0 Å². The van der Waals surface area contributed by atoms with E-state index in [2.05, 4.69) is 9.97 Å². The first-order chi connectivity index (χ1) is 10.2. The van der Waals surface area contributed by atoms with Crippen LogP contribution in [0.4, 0.5) is 4.39 Å². The second-order valence-electron chi connectivity index (χ2n) is 5.07. The van der Waals surface area contributed by atoms with Crippen LogP contribution in [0.2, 0.25) is 0 Å². The predicted molar refractivity (Wildman–Crippen MR) is 73.2 cm³/mol. The molecular formula is C15H12FN3O2. The molecule has 1 amide bonds. The molecule has 6 heteroatoms. The van der Waals surface area contributed by atoms with Crippen LogP contribution in [0.1, 0.15) is 21.9 Å². The minimum atomic E-state index is -0.457. The fourth-order valence-corrected chi connectivity index (χ4v) is 2.67. The van der Waals surface area contributed by atoms with Crippen LogP contribution in [0.3, 0.4) is 0 Å². The molecule has 0 saturated heterocycles. The van der Waals surface area contributed by atoms with Crippen LogP contribution in [-0.2, 0) is 13.0 Å². The third-order valence-corrected chi connectivity index (χ3v) is 3.77. The summed E-state index contributed by atoms with van der Waals surface area (Å²) in [6.07, 6.45) is 2.34. The highest BCUT2D eigenvalue weighted by molar-refractivity contribution is 5.96. The van der Waals surface area contributed by atoms with E-state index in [-0.39, 0.29) is 17.3 Å². The summed E-state index contributed by atoms with van der Waals surface area (Å²) in [5, 5.41) is 0.595. The number of H-pyrrole nitrogens is 1. The van der Waals surface area contributed by atoms with Gasteiger partial charge in [-0.25, -0.2) is 9.37 Å². The number of furan rings is 1. The van der Waals surface area contributed by atoms with Gasteiger partial charge in [-0.1, -0.05) is 12.1 Å². The van der Waals surface area contributed by atoms with E-state index in [9.17, 15) is 9.18 Å². The lowest BCUT2D eigenvalue weighted by atomic mass is 10.1. The highest BCUT2D eigenvalue weighted by Crippen LogP contribution is 2.24. The Hall–Kier alpha value is -2.63. The Morgan fingerprint density at radius 2 is 2.33 bits per heavy atom. The summed E-state index contributed by atoms with van der Waals surface area (Å²) in [5.74, 6) is -0.523. The Morgan fingerprint density at radius 3 is 3.19 bits per heavy atom. The first kappa shape index (κ1) is 12.1. The first-order valence-corrected chi connectivity index (χ1v) is 6.71. The smallest absolute Gasteiger partial charge is 0.289 e. The molecule has 0 atom stereocenters. The van der Waals surface area contributed by atoms with Crippen LogP contribution in [0.5, 0.6) is 0 Å². The zero-order chi connectivity index (χ0) is 14.4. The van der Waals surface area contributed by atoms with Crippen LogP contribution in [0.25, 0.3) is 11.0 Å². The van der Waals surface area contributed by atoms with Crippen molar-refractivity contribution in [2.75, 3.05) is 6.54 Å². The molecule has 4 rings (SSSR count). The van der Waals surface area contributed by atoms with E-state index in [4.69, 9.17) is 4.42 Å². The van der Waals surface area contributed by atoms with Gasteiger partial charge >= 0.3 is 0 Å². The van der Waals surface area contributed by atoms with E-state index in [0.717, 1.165) is 11.4 Å². The Bertz CT molecular complexity index is 836. The van der Waals surface area contributed by atoms with E-state index in [1.165, 1.54) is 6.07 Å². The highest BCUT2D eigenvalue weighted by Gasteiger charge is 2.25. The molecule has 0 spiro atoms. The average molecular weight is 285 g/mol. The molecule has 21 heavy (non-hydrogen) atoms. The summed E-state index contributed by atoms with van der Waals surface area (Å²) >= 11 is 0. The molecule has 5 nitrogen and oxygen atoms in total. The molecule has 0 saturated carbocycles. The molecule has 0 radical (unpaired) electrons. The third-order valence-electron chi connectivity index (χ3n) is 3.77. The molecule has 0 fully saturated rings. The van der Waals surface area contributed by atoms with Crippen LogP contribution >= 0.6 is 0 Å². The van der Waals surface area contributed by atoms with E-state index in [1.54, 1.807) is 29.4 Å². The van der Waals surface area contributed by atoms with Crippen molar-refractivity contribution in [3.63, 3.8) is 0 Å². The summed E-state index contributed by atoms with van der Waals surface area (Å²) in [6, 6.07) is 6.22. The predicted octanol–water partition coefficient (Wildman–Crippen LogP) is 2.49. The lowest BCUT2D eigenvalue weighted by Gasteiger charge is -2.25. The maximum atomic E-state index is 13.6. The number of hydrogen-bond acceptors (Lipinski definition) is 3. The minimum absolute atomic E-state index is 0.125. The number of aromatic amines is 1. The van der Waals surface area contributed by atoms with Crippen molar-refractivity contribution in [3.8, 4) is 0 Å². The number of fused-ring (bicyclic) bond motifs is 2. The topological polar surface area (TPSA) is 62.1 Å². The molecule has 0 aliphatic carbocycles. The average Bonchev–Trinajstić information content (AvgIpc) is 3.12. The summed E-state index contributed by atoms with van der Waals surface area (Å²) < 4.78 is 19.0. The Labute approximate surface area is 119 Å². The maximum absolute atomic E-state index is 13.6. The number of aromatic nitrogens is 2. The third kappa shape index (κ3) is 1.91. The number of nitrogens with zero attached hydrogens (tertiary/aromatic N) is 2. The van der Waals surface area contributed by atoms with E-state index in [0.29, 0.717) is 24.9 Å². The number of carbonyl (C=O) groups excluding carboxylic acids is 1. The quantitative estimate of drug-likeness (QED) is 0.747. The summed E-state index contributed by atoms with van der Waals surface area (Å²) in [7, 11) is 0. The maximum Gasteiger partial charge on any atom is 0.289 e. The highest BCUT2D eigenvalue weighted by atomic mass is 19.1. The zero-order valence-electron chi connectivity index (χ0n) is 11.1. The summed E-state index contributed by atoms with van der Waals surface area (Å²) in [5.41, 5.74) is 2.06. The number of imidazole rings is 1. The molecule has 3 heterocycles. The molecule has 0 unspecified atom stereocenters. The molecule has 0 bridgehead atoms. The molecule has 1 N–H and O–H groups in total. The Balaban J connectivity index is 1.66. The monoisotopic (exact) mass is 285 g/mol. The lowest BCUT2D eigenvalue weighted by Crippen LogP contribution is -2.35. The lowest BCUT2D eigenvalue weighted by molar-refractivity contribution is 0.0702. The second kappa shape index (κ2) is 4.44. The Morgan fingerprint density at radius 1 is 1.43 bits per heavy atom. The van der Waals surface area contributed by atoms with Gasteiger partial charge in [0.1, 0.15) is 0 Å². The van der Waals surface area contributed by atoms with Gasteiger partial charge in [0, 0.05) is 18.4 Å². The number of rotatable bonds is 1. The van der Waals surface area contributed by atoms with Gasteiger partial charge in [0.2, 0.25) is 0 Å². The SMILES string of the molecule is O=C(c1cc2cccc(F)c2o1)N1CCc2nc[nH]c2C1. The molecule has 2 aromatic heterocycles. The van der Waals surface area contributed by atoms with Gasteiger partial charge in [-0.3, -0.25) is 4.79 Å². The van der Waals surface area contributed by atoms with Gasteiger partial charge in [0.15, 0.2) is 17.2 Å². The van der Waals surface area contributed by atoms with Crippen molar-refractivity contribution in [3.05, 3.63) is 53.6 Å². The number of nitrogens with one attached hydrogen (secondary N) is 1. The molecule has 106 valence electrons. The van der Waals surface area contributed by atoms with Crippen molar-refractivity contribution >= 4 is 16.9 Å². The minimum Gasteiger partial charge on any atom is -0.448 e. The van der Waals surface area contributed by atoms with Gasteiger partial charge in [-0.2, -0.15) is 0 Å². The number of amides is 1. The number of halogens is 1. The normalized spacial score (nSPS) is 14.4. The van der Waals surface area contributed by atoms with Crippen LogP contribution in [0.15, 0.2) is 35.0 Å².